The maximum atomic E-state index is 11.5. The van der Waals surface area contributed by atoms with Gasteiger partial charge in [-0.15, -0.1) is 0 Å². The van der Waals surface area contributed by atoms with Crippen molar-refractivity contribution in [2.24, 2.45) is 0 Å². The number of hydrogen-bond acceptors (Lipinski definition) is 3. The van der Waals surface area contributed by atoms with Gasteiger partial charge >= 0.3 is 0 Å². The van der Waals surface area contributed by atoms with Gasteiger partial charge in [0.15, 0.2) is 0 Å². The van der Waals surface area contributed by atoms with Gasteiger partial charge in [0.2, 0.25) is 11.8 Å². The van der Waals surface area contributed by atoms with Gasteiger partial charge in [0.25, 0.3) is 0 Å². The van der Waals surface area contributed by atoms with Gasteiger partial charge in [0.05, 0.1) is 19.2 Å². The Balaban J connectivity index is 2.53. The van der Waals surface area contributed by atoms with Crippen molar-refractivity contribution in [1.29, 1.82) is 0 Å². The number of aliphatic hydroxyl groups excluding tert-OH is 1. The molecule has 0 spiro atoms. The quantitative estimate of drug-likeness (QED) is 0.672. The lowest BCUT2D eigenvalue weighted by Gasteiger charge is -2.16. The summed E-state index contributed by atoms with van der Waals surface area (Å²) in [6, 6.07) is 8.71. The second-order valence-corrected chi connectivity index (χ2v) is 3.62. The predicted molar refractivity (Wildman–Crippen MR) is 63.1 cm³/mol. The molecule has 3 N–H and O–H groups in total. The Kier molecular flexibility index (Phi) is 5.16. The number of amides is 2. The third-order valence-electron chi connectivity index (χ3n) is 2.22. The molecule has 0 bridgehead atoms. The molecule has 0 aromatic heterocycles. The standard InChI is InChI=1S/C12H16N2O3/c1-9(16)13-7-12(17)14-11(8-15)10-5-3-2-4-6-10/h2-6,11,15H,7-8H2,1H3,(H,13,16)(H,14,17)/t11-/m1/s1. The maximum Gasteiger partial charge on any atom is 0.239 e. The van der Waals surface area contributed by atoms with Gasteiger partial charge in [-0.3, -0.25) is 9.59 Å². The van der Waals surface area contributed by atoms with Crippen LogP contribution in [0.3, 0.4) is 0 Å². The number of aliphatic hydroxyl groups is 1. The highest BCUT2D eigenvalue weighted by Crippen LogP contribution is 2.10. The first kappa shape index (κ1) is 13.2. The van der Waals surface area contributed by atoms with Crippen LogP contribution in [0, 0.1) is 0 Å². The SMILES string of the molecule is CC(=O)NCC(=O)N[C@H](CO)c1ccccc1. The monoisotopic (exact) mass is 236 g/mol. The molecule has 0 radical (unpaired) electrons. The molecule has 1 aromatic carbocycles. The highest BCUT2D eigenvalue weighted by Gasteiger charge is 2.12. The molecule has 2 amide bonds. The summed E-state index contributed by atoms with van der Waals surface area (Å²) in [4.78, 5) is 22.1. The third kappa shape index (κ3) is 4.65. The average molecular weight is 236 g/mol. The van der Waals surface area contributed by atoms with Crippen LogP contribution in [-0.2, 0) is 9.59 Å². The van der Waals surface area contributed by atoms with Crippen LogP contribution in [0.2, 0.25) is 0 Å². The number of nitrogens with one attached hydrogen (secondary N) is 2. The Morgan fingerprint density at radius 1 is 1.29 bits per heavy atom. The molecule has 0 fully saturated rings. The molecule has 17 heavy (non-hydrogen) atoms. The molecule has 1 aromatic rings. The fourth-order valence-electron chi connectivity index (χ4n) is 1.37. The van der Waals surface area contributed by atoms with E-state index in [2.05, 4.69) is 10.6 Å². The van der Waals surface area contributed by atoms with Crippen LogP contribution in [0.25, 0.3) is 0 Å². The lowest BCUT2D eigenvalue weighted by atomic mass is 10.1. The molecule has 0 aliphatic carbocycles. The molecule has 0 aliphatic heterocycles. The lowest BCUT2D eigenvalue weighted by Crippen LogP contribution is -2.38. The summed E-state index contributed by atoms with van der Waals surface area (Å²) in [6.45, 7) is 1.07. The number of carbonyl (C=O) groups excluding carboxylic acids is 2. The van der Waals surface area contributed by atoms with Gasteiger partial charge in [-0.25, -0.2) is 0 Å². The normalized spacial score (nSPS) is 11.6. The Morgan fingerprint density at radius 3 is 2.47 bits per heavy atom. The number of benzene rings is 1. The van der Waals surface area contributed by atoms with Crippen LogP contribution in [-0.4, -0.2) is 30.1 Å². The fourth-order valence-corrected chi connectivity index (χ4v) is 1.37. The van der Waals surface area contributed by atoms with E-state index in [0.717, 1.165) is 5.56 Å². The first-order chi connectivity index (χ1) is 8.13. The van der Waals surface area contributed by atoms with E-state index in [0.29, 0.717) is 0 Å². The fraction of sp³-hybridized carbons (Fsp3) is 0.333. The molecule has 1 rings (SSSR count). The van der Waals surface area contributed by atoms with Gasteiger partial charge in [0, 0.05) is 6.92 Å². The summed E-state index contributed by atoms with van der Waals surface area (Å²) in [5.41, 5.74) is 0.825. The maximum absolute atomic E-state index is 11.5. The van der Waals surface area contributed by atoms with Crippen LogP contribution < -0.4 is 10.6 Å². The summed E-state index contributed by atoms with van der Waals surface area (Å²) < 4.78 is 0. The van der Waals surface area contributed by atoms with Crippen LogP contribution in [0.4, 0.5) is 0 Å². The van der Waals surface area contributed by atoms with Gasteiger partial charge in [-0.05, 0) is 5.56 Å². The second kappa shape index (κ2) is 6.65. The van der Waals surface area contributed by atoms with Gasteiger partial charge in [-0.1, -0.05) is 30.3 Å². The molecule has 92 valence electrons. The van der Waals surface area contributed by atoms with E-state index < -0.39 is 6.04 Å². The number of rotatable bonds is 5. The van der Waals surface area contributed by atoms with Crippen LogP contribution in [0.15, 0.2) is 30.3 Å². The van der Waals surface area contributed by atoms with Crippen LogP contribution >= 0.6 is 0 Å². The van der Waals surface area contributed by atoms with Crippen molar-refractivity contribution in [2.75, 3.05) is 13.2 Å². The molecule has 0 saturated heterocycles. The minimum Gasteiger partial charge on any atom is -0.394 e. The third-order valence-corrected chi connectivity index (χ3v) is 2.22. The summed E-state index contributed by atoms with van der Waals surface area (Å²) in [7, 11) is 0. The van der Waals surface area contributed by atoms with E-state index >= 15 is 0 Å². The van der Waals surface area contributed by atoms with Crippen molar-refractivity contribution in [3.8, 4) is 0 Å². The van der Waals surface area contributed by atoms with Crippen molar-refractivity contribution in [1.82, 2.24) is 10.6 Å². The van der Waals surface area contributed by atoms with Crippen LogP contribution in [0.1, 0.15) is 18.5 Å². The summed E-state index contributed by atoms with van der Waals surface area (Å²) in [6.07, 6.45) is 0. The number of hydrogen-bond donors (Lipinski definition) is 3. The predicted octanol–water partition coefficient (Wildman–Crippen LogP) is -0.0277. The van der Waals surface area contributed by atoms with E-state index in [9.17, 15) is 14.7 Å². The average Bonchev–Trinajstić information content (AvgIpc) is 2.34. The summed E-state index contributed by atoms with van der Waals surface area (Å²) >= 11 is 0. The van der Waals surface area contributed by atoms with E-state index in [1.165, 1.54) is 6.92 Å². The zero-order chi connectivity index (χ0) is 12.7. The van der Waals surface area contributed by atoms with Crippen LogP contribution in [0.5, 0.6) is 0 Å². The zero-order valence-electron chi connectivity index (χ0n) is 9.64. The minimum absolute atomic E-state index is 0.0847. The highest BCUT2D eigenvalue weighted by atomic mass is 16.3. The number of carbonyl (C=O) groups is 2. The Hall–Kier alpha value is -1.88. The Bertz CT molecular complexity index is 379. The smallest absolute Gasteiger partial charge is 0.239 e. The Morgan fingerprint density at radius 2 is 1.94 bits per heavy atom. The minimum atomic E-state index is -0.447. The van der Waals surface area contributed by atoms with Crippen molar-refractivity contribution < 1.29 is 14.7 Å². The van der Waals surface area contributed by atoms with E-state index in [1.807, 2.05) is 30.3 Å². The lowest BCUT2D eigenvalue weighted by molar-refractivity contribution is -0.125. The molecule has 0 aliphatic rings. The van der Waals surface area contributed by atoms with Crippen molar-refractivity contribution in [2.45, 2.75) is 13.0 Å². The molecule has 0 heterocycles. The van der Waals surface area contributed by atoms with Crippen molar-refractivity contribution >= 4 is 11.8 Å². The highest BCUT2D eigenvalue weighted by molar-refractivity contribution is 5.83. The molecule has 0 saturated carbocycles. The van der Waals surface area contributed by atoms with Gasteiger partial charge < -0.3 is 15.7 Å². The second-order valence-electron chi connectivity index (χ2n) is 3.62. The molecule has 5 nitrogen and oxygen atoms in total. The zero-order valence-corrected chi connectivity index (χ0v) is 9.64. The molecular formula is C12H16N2O3. The van der Waals surface area contributed by atoms with E-state index in [1.54, 1.807) is 0 Å². The summed E-state index contributed by atoms with van der Waals surface area (Å²) in [5, 5.41) is 14.2. The van der Waals surface area contributed by atoms with Gasteiger partial charge in [-0.2, -0.15) is 0 Å². The topological polar surface area (TPSA) is 78.4 Å². The first-order valence-electron chi connectivity index (χ1n) is 5.33. The molecular weight excluding hydrogens is 220 g/mol. The van der Waals surface area contributed by atoms with E-state index in [-0.39, 0.29) is 25.0 Å². The summed E-state index contributed by atoms with van der Waals surface area (Å²) in [5.74, 6) is -0.594. The molecule has 1 atom stereocenters. The molecule has 5 heteroatoms. The van der Waals surface area contributed by atoms with Gasteiger partial charge in [0.1, 0.15) is 0 Å². The van der Waals surface area contributed by atoms with Crippen molar-refractivity contribution in [3.05, 3.63) is 35.9 Å². The Labute approximate surface area is 99.8 Å². The largest absolute Gasteiger partial charge is 0.394 e. The van der Waals surface area contributed by atoms with Crippen molar-refractivity contribution in [3.63, 3.8) is 0 Å². The molecule has 0 unspecified atom stereocenters. The van der Waals surface area contributed by atoms with E-state index in [4.69, 9.17) is 0 Å². The first-order valence-corrected chi connectivity index (χ1v) is 5.33.